The fourth-order valence-corrected chi connectivity index (χ4v) is 7.88. The molecule has 2 heteroatoms. The second-order valence-corrected chi connectivity index (χ2v) is 10.2. The Morgan fingerprint density at radius 3 is 2.32 bits per heavy atom. The van der Waals surface area contributed by atoms with Gasteiger partial charge < -0.3 is 0 Å². The number of rotatable bonds is 2. The van der Waals surface area contributed by atoms with Crippen LogP contribution in [-0.4, -0.2) is 16.3 Å². The number of Topliss-reactive ketones (excluding diaryl/α,β-unsaturated/α-hetero) is 1. The molecule has 0 aromatic rings. The monoisotopic (exact) mass is 278 g/mol. The van der Waals surface area contributed by atoms with Crippen molar-refractivity contribution in [1.29, 1.82) is 0 Å². The fraction of sp³-hybridized carbons (Fsp3) is 0.941. The molecule has 0 aromatic carbocycles. The lowest BCUT2D eigenvalue weighted by molar-refractivity contribution is -0.155. The van der Waals surface area contributed by atoms with Crippen LogP contribution >= 0.6 is 11.8 Å². The van der Waals surface area contributed by atoms with Gasteiger partial charge >= 0.3 is 0 Å². The van der Waals surface area contributed by atoms with Crippen LogP contribution in [0.3, 0.4) is 0 Å². The Hall–Kier alpha value is 0.0200. The maximum Gasteiger partial charge on any atom is 0.154 e. The molecule has 4 saturated carbocycles. The Kier molecular flexibility index (Phi) is 2.55. The van der Waals surface area contributed by atoms with E-state index in [2.05, 4.69) is 13.8 Å². The van der Waals surface area contributed by atoms with Crippen LogP contribution in [0.15, 0.2) is 0 Å². The van der Waals surface area contributed by atoms with Gasteiger partial charge in [0.1, 0.15) is 0 Å². The topological polar surface area (TPSA) is 17.1 Å². The lowest BCUT2D eigenvalue weighted by atomic mass is 9.43. The van der Waals surface area contributed by atoms with Gasteiger partial charge in [0.15, 0.2) is 5.78 Å². The second kappa shape index (κ2) is 3.81. The molecule has 106 valence electrons. The molecule has 19 heavy (non-hydrogen) atoms. The molecule has 4 bridgehead atoms. The molecule has 0 amide bonds. The minimum atomic E-state index is -0.0397. The van der Waals surface area contributed by atoms with Crippen molar-refractivity contribution < 1.29 is 4.79 Å². The largest absolute Gasteiger partial charge is 0.298 e. The van der Waals surface area contributed by atoms with Crippen molar-refractivity contribution in [3.8, 4) is 0 Å². The lowest BCUT2D eigenvalue weighted by Gasteiger charge is -2.61. The standard InChI is InChI=1S/C17H26OS/c1-15-7-12-6-13(8-15)10-17(9-12,11-15)14(18)16(2)4-3-5-19-16/h12-13H,3-11H2,1-2H3. The SMILES string of the molecule is CC12CC3CC(C1)CC(C(=O)C1(C)CCCS1)(C3)C2. The summed E-state index contributed by atoms with van der Waals surface area (Å²) >= 11 is 1.95. The molecule has 3 unspecified atom stereocenters. The van der Waals surface area contributed by atoms with Crippen molar-refractivity contribution in [1.82, 2.24) is 0 Å². The molecule has 1 saturated heterocycles. The summed E-state index contributed by atoms with van der Waals surface area (Å²) < 4.78 is -0.0397. The van der Waals surface area contributed by atoms with Crippen LogP contribution in [0.4, 0.5) is 0 Å². The first-order valence-corrected chi connectivity index (χ1v) is 9.11. The molecule has 3 atom stereocenters. The van der Waals surface area contributed by atoms with E-state index < -0.39 is 0 Å². The van der Waals surface area contributed by atoms with E-state index in [1.807, 2.05) is 11.8 Å². The van der Waals surface area contributed by atoms with Gasteiger partial charge in [0, 0.05) is 5.41 Å². The highest BCUT2D eigenvalue weighted by atomic mass is 32.2. The van der Waals surface area contributed by atoms with E-state index in [4.69, 9.17) is 0 Å². The first-order chi connectivity index (χ1) is 8.93. The number of carbonyl (C=O) groups excluding carboxylic acids is 1. The Bertz CT molecular complexity index is 407. The predicted octanol–water partition coefficient (Wildman–Crippen LogP) is 4.45. The molecule has 1 heterocycles. The molecule has 5 aliphatic rings. The first-order valence-electron chi connectivity index (χ1n) is 8.12. The van der Waals surface area contributed by atoms with Gasteiger partial charge in [-0.25, -0.2) is 0 Å². The fourth-order valence-electron chi connectivity index (χ4n) is 6.51. The van der Waals surface area contributed by atoms with Crippen LogP contribution in [-0.2, 0) is 4.79 Å². The number of carbonyl (C=O) groups is 1. The van der Waals surface area contributed by atoms with Crippen LogP contribution in [0.2, 0.25) is 0 Å². The minimum absolute atomic E-state index is 0.0397. The van der Waals surface area contributed by atoms with Crippen molar-refractivity contribution >= 4 is 17.5 Å². The van der Waals surface area contributed by atoms with Gasteiger partial charge in [-0.3, -0.25) is 4.79 Å². The zero-order valence-corrected chi connectivity index (χ0v) is 13.2. The van der Waals surface area contributed by atoms with Gasteiger partial charge in [0.25, 0.3) is 0 Å². The maximum absolute atomic E-state index is 13.3. The molecule has 0 N–H and O–H groups in total. The van der Waals surface area contributed by atoms with Gasteiger partial charge in [0.2, 0.25) is 0 Å². The zero-order chi connectivity index (χ0) is 13.3. The van der Waals surface area contributed by atoms with E-state index in [9.17, 15) is 4.79 Å². The van der Waals surface area contributed by atoms with Crippen LogP contribution in [0, 0.1) is 22.7 Å². The number of ketones is 1. The van der Waals surface area contributed by atoms with E-state index in [1.165, 1.54) is 50.7 Å². The molecule has 5 rings (SSSR count). The van der Waals surface area contributed by atoms with Crippen molar-refractivity contribution in [2.24, 2.45) is 22.7 Å². The summed E-state index contributed by atoms with van der Waals surface area (Å²) in [6.07, 6.45) is 10.3. The molecule has 0 aromatic heterocycles. The van der Waals surface area contributed by atoms with Crippen molar-refractivity contribution in [2.75, 3.05) is 5.75 Å². The number of thioether (sulfide) groups is 1. The van der Waals surface area contributed by atoms with E-state index in [1.54, 1.807) is 0 Å². The number of hydrogen-bond donors (Lipinski definition) is 0. The first kappa shape index (κ1) is 12.7. The Morgan fingerprint density at radius 1 is 1.11 bits per heavy atom. The van der Waals surface area contributed by atoms with Crippen molar-refractivity contribution in [3.05, 3.63) is 0 Å². The zero-order valence-electron chi connectivity index (χ0n) is 12.3. The van der Waals surface area contributed by atoms with E-state index in [-0.39, 0.29) is 10.2 Å². The van der Waals surface area contributed by atoms with Crippen LogP contribution in [0.5, 0.6) is 0 Å². The second-order valence-electron chi connectivity index (χ2n) is 8.56. The van der Waals surface area contributed by atoms with Gasteiger partial charge in [-0.1, -0.05) is 6.92 Å². The third-order valence-corrected chi connectivity index (χ3v) is 8.05. The minimum Gasteiger partial charge on any atom is -0.298 e. The van der Waals surface area contributed by atoms with Gasteiger partial charge in [-0.2, -0.15) is 0 Å². The highest BCUT2D eigenvalue weighted by molar-refractivity contribution is 8.01. The van der Waals surface area contributed by atoms with E-state index in [0.29, 0.717) is 11.2 Å². The summed E-state index contributed by atoms with van der Waals surface area (Å²) in [5.41, 5.74) is 0.588. The predicted molar refractivity (Wildman–Crippen MR) is 80.3 cm³/mol. The Morgan fingerprint density at radius 2 is 1.79 bits per heavy atom. The highest BCUT2D eigenvalue weighted by Crippen LogP contribution is 2.66. The molecule has 0 radical (unpaired) electrons. The molecular formula is C17H26OS. The van der Waals surface area contributed by atoms with Crippen molar-refractivity contribution in [2.45, 2.75) is 70.0 Å². The van der Waals surface area contributed by atoms with Crippen LogP contribution < -0.4 is 0 Å². The summed E-state index contributed by atoms with van der Waals surface area (Å²) in [5, 5.41) is 0. The molecule has 1 aliphatic heterocycles. The third-order valence-electron chi connectivity index (χ3n) is 6.53. The number of hydrogen-bond acceptors (Lipinski definition) is 2. The summed E-state index contributed by atoms with van der Waals surface area (Å²) in [6, 6.07) is 0. The quantitative estimate of drug-likeness (QED) is 0.742. The normalized spacial score (nSPS) is 55.7. The summed E-state index contributed by atoms with van der Waals surface area (Å²) in [6.45, 7) is 4.71. The highest BCUT2D eigenvalue weighted by Gasteiger charge is 2.61. The Labute approximate surface area is 121 Å². The summed E-state index contributed by atoms with van der Waals surface area (Å²) in [7, 11) is 0. The van der Waals surface area contributed by atoms with Gasteiger partial charge in [-0.05, 0) is 81.3 Å². The van der Waals surface area contributed by atoms with Crippen molar-refractivity contribution in [3.63, 3.8) is 0 Å². The lowest BCUT2D eigenvalue weighted by Crippen LogP contribution is -2.57. The van der Waals surface area contributed by atoms with Gasteiger partial charge in [-0.15, -0.1) is 11.8 Å². The van der Waals surface area contributed by atoms with Gasteiger partial charge in [0.05, 0.1) is 4.75 Å². The average Bonchev–Trinajstić information content (AvgIpc) is 2.73. The van der Waals surface area contributed by atoms with E-state index >= 15 is 0 Å². The molecule has 5 fully saturated rings. The van der Waals surface area contributed by atoms with E-state index in [0.717, 1.165) is 18.3 Å². The summed E-state index contributed by atoms with van der Waals surface area (Å²) in [4.78, 5) is 13.3. The maximum atomic E-state index is 13.3. The van der Waals surface area contributed by atoms with Crippen LogP contribution in [0.25, 0.3) is 0 Å². The molecule has 0 spiro atoms. The average molecular weight is 278 g/mol. The summed E-state index contributed by atoms with van der Waals surface area (Å²) in [5.74, 6) is 3.58. The smallest absolute Gasteiger partial charge is 0.154 e. The molecular weight excluding hydrogens is 252 g/mol. The molecule has 1 nitrogen and oxygen atoms in total. The third kappa shape index (κ3) is 1.78. The van der Waals surface area contributed by atoms with Crippen LogP contribution in [0.1, 0.15) is 65.2 Å². The Balaban J connectivity index is 1.68. The molecule has 4 aliphatic carbocycles.